The highest BCUT2D eigenvalue weighted by molar-refractivity contribution is 6.31. The van der Waals surface area contributed by atoms with Gasteiger partial charge >= 0.3 is 5.97 Å². The quantitative estimate of drug-likeness (QED) is 0.778. The van der Waals surface area contributed by atoms with Crippen molar-refractivity contribution in [2.45, 2.75) is 31.8 Å². The maximum absolute atomic E-state index is 12.5. The van der Waals surface area contributed by atoms with E-state index < -0.39 is 12.0 Å². The Morgan fingerprint density at radius 1 is 1.48 bits per heavy atom. The number of aliphatic carboxylic acids is 1. The molecule has 1 unspecified atom stereocenters. The van der Waals surface area contributed by atoms with Gasteiger partial charge in [0.2, 0.25) is 5.91 Å². The van der Waals surface area contributed by atoms with Gasteiger partial charge in [-0.1, -0.05) is 11.6 Å². The first-order valence-electron chi connectivity index (χ1n) is 7.88. The standard InChI is InChI=1S/C16H18ClN5O3/c1-10(16(24)25)21(12-3-4-12)7-15(23)20-13-6-11(17)2-5-14(13)22-9-18-8-19-22/h2,5-6,8-10,12H,3-4,7H2,1H3,(H,20,23)(H,24,25). The van der Waals surface area contributed by atoms with Crippen molar-refractivity contribution in [3.63, 3.8) is 0 Å². The first-order chi connectivity index (χ1) is 12.0. The van der Waals surface area contributed by atoms with Gasteiger partial charge in [-0.05, 0) is 38.0 Å². The summed E-state index contributed by atoms with van der Waals surface area (Å²) in [5, 5.41) is 16.6. The number of carboxylic acids is 1. The third kappa shape index (κ3) is 4.15. The summed E-state index contributed by atoms with van der Waals surface area (Å²) in [5.74, 6) is -1.24. The Bertz CT molecular complexity index is 776. The molecule has 0 radical (unpaired) electrons. The van der Waals surface area contributed by atoms with Gasteiger partial charge in [-0.3, -0.25) is 14.5 Å². The molecule has 0 bridgehead atoms. The second kappa shape index (κ2) is 7.20. The minimum absolute atomic E-state index is 0.00143. The van der Waals surface area contributed by atoms with E-state index in [9.17, 15) is 14.7 Å². The number of carbonyl (C=O) groups is 2. The summed E-state index contributed by atoms with van der Waals surface area (Å²) in [6.07, 6.45) is 4.73. The Balaban J connectivity index is 1.76. The SMILES string of the molecule is CC(C(=O)O)N(CC(=O)Nc1cc(Cl)ccc1-n1cncn1)C1CC1. The van der Waals surface area contributed by atoms with Crippen LogP contribution in [0.5, 0.6) is 0 Å². The van der Waals surface area contributed by atoms with E-state index in [0.717, 1.165) is 12.8 Å². The molecule has 8 nitrogen and oxygen atoms in total. The molecule has 1 fully saturated rings. The van der Waals surface area contributed by atoms with E-state index >= 15 is 0 Å². The van der Waals surface area contributed by atoms with Gasteiger partial charge in [-0.25, -0.2) is 9.67 Å². The van der Waals surface area contributed by atoms with Gasteiger partial charge < -0.3 is 10.4 Å². The molecule has 1 saturated carbocycles. The molecule has 1 aliphatic rings. The number of anilines is 1. The number of amides is 1. The highest BCUT2D eigenvalue weighted by Gasteiger charge is 2.36. The van der Waals surface area contributed by atoms with Gasteiger partial charge in [-0.2, -0.15) is 5.10 Å². The van der Waals surface area contributed by atoms with Crippen LogP contribution in [0.3, 0.4) is 0 Å². The molecule has 132 valence electrons. The second-order valence-corrected chi connectivity index (χ2v) is 6.40. The van der Waals surface area contributed by atoms with Crippen molar-refractivity contribution < 1.29 is 14.7 Å². The summed E-state index contributed by atoms with van der Waals surface area (Å²) >= 11 is 6.04. The number of benzene rings is 1. The number of rotatable bonds is 7. The van der Waals surface area contributed by atoms with Crippen LogP contribution < -0.4 is 5.32 Å². The molecule has 1 atom stereocenters. The molecule has 1 aromatic heterocycles. The average Bonchev–Trinajstić information content (AvgIpc) is 3.26. The lowest BCUT2D eigenvalue weighted by Crippen LogP contribution is -2.44. The molecule has 3 rings (SSSR count). The van der Waals surface area contributed by atoms with Crippen molar-refractivity contribution in [2.75, 3.05) is 11.9 Å². The van der Waals surface area contributed by atoms with Gasteiger partial charge in [0, 0.05) is 11.1 Å². The highest BCUT2D eigenvalue weighted by Crippen LogP contribution is 2.29. The molecule has 0 saturated heterocycles. The van der Waals surface area contributed by atoms with Crippen LogP contribution in [-0.4, -0.2) is 55.3 Å². The Kier molecular flexibility index (Phi) is 5.00. The van der Waals surface area contributed by atoms with Gasteiger partial charge in [0.25, 0.3) is 0 Å². The number of carboxylic acid groups (broad SMARTS) is 1. The normalized spacial score (nSPS) is 15.2. The Labute approximate surface area is 149 Å². The fourth-order valence-electron chi connectivity index (χ4n) is 2.63. The van der Waals surface area contributed by atoms with Crippen LogP contribution >= 0.6 is 11.6 Å². The van der Waals surface area contributed by atoms with Crippen LogP contribution in [0.1, 0.15) is 19.8 Å². The number of carbonyl (C=O) groups excluding carboxylic acids is 1. The Morgan fingerprint density at radius 3 is 2.84 bits per heavy atom. The van der Waals surface area contributed by atoms with Crippen LogP contribution in [0.2, 0.25) is 5.02 Å². The summed E-state index contributed by atoms with van der Waals surface area (Å²) < 4.78 is 1.52. The smallest absolute Gasteiger partial charge is 0.320 e. The van der Waals surface area contributed by atoms with Crippen LogP contribution in [0.25, 0.3) is 5.69 Å². The number of halogens is 1. The summed E-state index contributed by atoms with van der Waals surface area (Å²) in [6, 6.07) is 4.47. The van der Waals surface area contributed by atoms with E-state index in [-0.39, 0.29) is 18.5 Å². The molecule has 2 aromatic rings. The average molecular weight is 364 g/mol. The molecule has 1 amide bonds. The zero-order chi connectivity index (χ0) is 18.0. The van der Waals surface area contributed by atoms with Gasteiger partial charge in [0.05, 0.1) is 17.9 Å². The van der Waals surface area contributed by atoms with Gasteiger partial charge in [0.1, 0.15) is 18.7 Å². The molecule has 9 heteroatoms. The summed E-state index contributed by atoms with van der Waals surface area (Å²) in [7, 11) is 0. The van der Waals surface area contributed by atoms with Crippen molar-refractivity contribution in [2.24, 2.45) is 0 Å². The summed E-state index contributed by atoms with van der Waals surface area (Å²) in [5.41, 5.74) is 1.11. The Morgan fingerprint density at radius 2 is 2.24 bits per heavy atom. The summed E-state index contributed by atoms with van der Waals surface area (Å²) in [6.45, 7) is 1.59. The van der Waals surface area contributed by atoms with Crippen molar-refractivity contribution in [3.05, 3.63) is 35.9 Å². The number of aromatic nitrogens is 3. The van der Waals surface area contributed by atoms with E-state index in [2.05, 4.69) is 15.4 Å². The van der Waals surface area contributed by atoms with Crippen LogP contribution in [0.4, 0.5) is 5.69 Å². The fraction of sp³-hybridized carbons (Fsp3) is 0.375. The van der Waals surface area contributed by atoms with Crippen molar-refractivity contribution >= 4 is 29.2 Å². The van der Waals surface area contributed by atoms with Crippen molar-refractivity contribution in [3.8, 4) is 5.69 Å². The molecule has 1 aromatic carbocycles. The second-order valence-electron chi connectivity index (χ2n) is 5.97. The Hall–Kier alpha value is -2.45. The first kappa shape index (κ1) is 17.4. The topological polar surface area (TPSA) is 100 Å². The molecule has 1 aliphatic carbocycles. The molecule has 2 N–H and O–H groups in total. The number of hydrogen-bond donors (Lipinski definition) is 2. The van der Waals surface area contributed by atoms with Crippen LogP contribution in [-0.2, 0) is 9.59 Å². The maximum atomic E-state index is 12.5. The molecular formula is C16H18ClN5O3. The van der Waals surface area contributed by atoms with Crippen molar-refractivity contribution in [1.29, 1.82) is 0 Å². The van der Waals surface area contributed by atoms with Crippen LogP contribution in [0.15, 0.2) is 30.9 Å². The van der Waals surface area contributed by atoms with Gasteiger partial charge in [-0.15, -0.1) is 0 Å². The first-order valence-corrected chi connectivity index (χ1v) is 8.26. The molecule has 0 aliphatic heterocycles. The molecule has 25 heavy (non-hydrogen) atoms. The lowest BCUT2D eigenvalue weighted by atomic mass is 10.2. The number of hydrogen-bond acceptors (Lipinski definition) is 5. The fourth-order valence-corrected chi connectivity index (χ4v) is 2.80. The van der Waals surface area contributed by atoms with E-state index in [4.69, 9.17) is 11.6 Å². The van der Waals surface area contributed by atoms with E-state index in [1.165, 1.54) is 17.3 Å². The van der Waals surface area contributed by atoms with E-state index in [1.807, 2.05) is 0 Å². The lowest BCUT2D eigenvalue weighted by molar-refractivity contribution is -0.143. The predicted octanol–water partition coefficient (Wildman–Crippen LogP) is 1.80. The minimum atomic E-state index is -0.939. The zero-order valence-electron chi connectivity index (χ0n) is 13.6. The summed E-state index contributed by atoms with van der Waals surface area (Å²) in [4.78, 5) is 29.3. The molecule has 1 heterocycles. The number of nitrogens with zero attached hydrogens (tertiary/aromatic N) is 4. The minimum Gasteiger partial charge on any atom is -0.480 e. The third-order valence-corrected chi connectivity index (χ3v) is 4.33. The van der Waals surface area contributed by atoms with Crippen LogP contribution in [0, 0.1) is 0 Å². The van der Waals surface area contributed by atoms with E-state index in [0.29, 0.717) is 16.4 Å². The lowest BCUT2D eigenvalue weighted by Gasteiger charge is -2.25. The maximum Gasteiger partial charge on any atom is 0.320 e. The molecule has 0 spiro atoms. The van der Waals surface area contributed by atoms with Gasteiger partial charge in [0.15, 0.2) is 0 Å². The monoisotopic (exact) mass is 363 g/mol. The number of nitrogens with one attached hydrogen (secondary N) is 1. The highest BCUT2D eigenvalue weighted by atomic mass is 35.5. The third-order valence-electron chi connectivity index (χ3n) is 4.10. The predicted molar refractivity (Wildman–Crippen MR) is 91.8 cm³/mol. The largest absolute Gasteiger partial charge is 0.480 e. The zero-order valence-corrected chi connectivity index (χ0v) is 14.3. The van der Waals surface area contributed by atoms with Crippen molar-refractivity contribution in [1.82, 2.24) is 19.7 Å². The molecular weight excluding hydrogens is 346 g/mol. The van der Waals surface area contributed by atoms with E-state index in [1.54, 1.807) is 30.0 Å².